The summed E-state index contributed by atoms with van der Waals surface area (Å²) in [6, 6.07) is 6.83. The lowest BCUT2D eigenvalue weighted by atomic mass is 9.46. The fraction of sp³-hybridized carbons (Fsp3) is 0.667. The summed E-state index contributed by atoms with van der Waals surface area (Å²) in [5, 5.41) is 3.24. The third-order valence-electron chi connectivity index (χ3n) is 8.09. The molecule has 4 fully saturated rings. The van der Waals surface area contributed by atoms with Gasteiger partial charge in [0.15, 0.2) is 0 Å². The Kier molecular flexibility index (Phi) is 5.48. The fourth-order valence-corrected chi connectivity index (χ4v) is 9.02. The van der Waals surface area contributed by atoms with Crippen molar-refractivity contribution in [1.82, 2.24) is 9.62 Å². The van der Waals surface area contributed by atoms with Gasteiger partial charge < -0.3 is 11.1 Å². The van der Waals surface area contributed by atoms with Crippen molar-refractivity contribution < 1.29 is 18.0 Å². The topological polar surface area (TPSA) is 110 Å². The molecule has 5 rings (SSSR count). The van der Waals surface area contributed by atoms with Crippen LogP contribution < -0.4 is 11.1 Å². The van der Waals surface area contributed by atoms with Gasteiger partial charge in [-0.05, 0) is 82.8 Å². The van der Waals surface area contributed by atoms with Gasteiger partial charge in [0.1, 0.15) is 5.54 Å². The molecule has 4 bridgehead atoms. The molecule has 0 aliphatic heterocycles. The van der Waals surface area contributed by atoms with E-state index in [9.17, 15) is 18.0 Å². The molecule has 2 atom stereocenters. The normalized spacial score (nSPS) is 31.7. The van der Waals surface area contributed by atoms with Crippen LogP contribution in [0.5, 0.6) is 0 Å². The van der Waals surface area contributed by atoms with Gasteiger partial charge in [0.05, 0.1) is 10.3 Å². The van der Waals surface area contributed by atoms with Crippen molar-refractivity contribution >= 4 is 21.8 Å². The third-order valence-corrected chi connectivity index (χ3v) is 10.4. The quantitative estimate of drug-likeness (QED) is 0.650. The molecule has 1 aromatic rings. The minimum absolute atomic E-state index is 0.167. The van der Waals surface area contributed by atoms with Crippen molar-refractivity contribution in [3.8, 4) is 0 Å². The molecule has 3 N–H and O–H groups in total. The maximum atomic E-state index is 13.7. The van der Waals surface area contributed by atoms with Crippen LogP contribution in [-0.2, 0) is 19.6 Å². The van der Waals surface area contributed by atoms with E-state index < -0.39 is 26.5 Å². The summed E-state index contributed by atoms with van der Waals surface area (Å²) < 4.78 is 28.3. The smallest absolute Gasteiger partial charge is 0.244 e. The average molecular weight is 462 g/mol. The number of carbonyl (C=O) groups excluding carboxylic acids is 2. The number of hydrogen-bond acceptors (Lipinski definition) is 4. The van der Waals surface area contributed by atoms with Crippen LogP contribution in [0.3, 0.4) is 0 Å². The molecule has 176 valence electrons. The van der Waals surface area contributed by atoms with E-state index in [-0.39, 0.29) is 23.3 Å². The summed E-state index contributed by atoms with van der Waals surface area (Å²) in [5.74, 6) is 0.176. The minimum Gasteiger partial charge on any atom is -0.369 e. The van der Waals surface area contributed by atoms with E-state index in [2.05, 4.69) is 5.32 Å². The van der Waals surface area contributed by atoms with E-state index in [1.54, 1.807) is 52.0 Å². The second-order valence-electron chi connectivity index (χ2n) is 10.8. The lowest BCUT2D eigenvalue weighted by Crippen LogP contribution is -2.68. The summed E-state index contributed by atoms with van der Waals surface area (Å²) >= 11 is 0. The summed E-state index contributed by atoms with van der Waals surface area (Å²) in [7, 11) is -3.88. The summed E-state index contributed by atoms with van der Waals surface area (Å²) in [6.45, 7) is 6.99. The number of benzene rings is 1. The largest absolute Gasteiger partial charge is 0.369 e. The van der Waals surface area contributed by atoms with Crippen molar-refractivity contribution in [3.63, 3.8) is 0 Å². The molecule has 0 radical (unpaired) electrons. The molecule has 2 amide bonds. The first-order chi connectivity index (χ1) is 14.9. The van der Waals surface area contributed by atoms with Crippen LogP contribution in [0.15, 0.2) is 29.2 Å². The first-order valence-electron chi connectivity index (χ1n) is 11.6. The lowest BCUT2D eigenvalue weighted by Gasteiger charge is -2.61. The molecule has 1 aromatic carbocycles. The maximum absolute atomic E-state index is 13.7. The van der Waals surface area contributed by atoms with Crippen LogP contribution in [0.25, 0.3) is 0 Å². The van der Waals surface area contributed by atoms with E-state index in [4.69, 9.17) is 5.73 Å². The Hall–Kier alpha value is -1.93. The second kappa shape index (κ2) is 7.55. The van der Waals surface area contributed by atoms with Gasteiger partial charge in [-0.2, -0.15) is 4.31 Å². The van der Waals surface area contributed by atoms with Gasteiger partial charge in [-0.25, -0.2) is 8.42 Å². The van der Waals surface area contributed by atoms with E-state index >= 15 is 0 Å². The lowest BCUT2D eigenvalue weighted by molar-refractivity contribution is -0.152. The number of nitrogens with zero attached hydrogens (tertiary/aromatic N) is 1. The van der Waals surface area contributed by atoms with Crippen molar-refractivity contribution in [3.05, 3.63) is 29.8 Å². The Morgan fingerprint density at radius 1 is 1.16 bits per heavy atom. The Bertz CT molecular complexity index is 1040. The molecule has 8 heteroatoms. The highest BCUT2D eigenvalue weighted by atomic mass is 32.2. The third kappa shape index (κ3) is 3.55. The maximum Gasteiger partial charge on any atom is 0.244 e. The molecule has 32 heavy (non-hydrogen) atoms. The Labute approximate surface area is 191 Å². The van der Waals surface area contributed by atoms with Crippen LogP contribution in [0.1, 0.15) is 64.9 Å². The molecular weight excluding hydrogens is 426 g/mol. The fourth-order valence-electron chi connectivity index (χ4n) is 7.03. The number of primary amides is 1. The number of hydrogen-bond donors (Lipinski definition) is 2. The van der Waals surface area contributed by atoms with Gasteiger partial charge >= 0.3 is 0 Å². The molecule has 4 aliphatic rings. The van der Waals surface area contributed by atoms with E-state index in [1.165, 1.54) is 4.31 Å². The predicted molar refractivity (Wildman–Crippen MR) is 122 cm³/mol. The van der Waals surface area contributed by atoms with Crippen molar-refractivity contribution in [2.45, 2.75) is 82.2 Å². The number of nitrogens with two attached hydrogens (primary N) is 1. The molecule has 0 heterocycles. The van der Waals surface area contributed by atoms with Gasteiger partial charge in [0, 0.05) is 12.1 Å². The Morgan fingerprint density at radius 2 is 1.75 bits per heavy atom. The molecule has 4 saturated carbocycles. The van der Waals surface area contributed by atoms with Crippen LogP contribution in [0, 0.1) is 24.2 Å². The standard InChI is InChI=1S/C24H35N3O4S/c1-5-27(32(30,31)19-9-7-6-8-16(19)2)22(3,4)21(29)26-24-13-17-10-18(14-24)12-23(11-17,15-24)20(25)28/h6-9,17-18H,5,10-15H2,1-4H3,(H2,25,28)(H,26,29). The van der Waals surface area contributed by atoms with Gasteiger partial charge in [-0.3, -0.25) is 9.59 Å². The second-order valence-corrected chi connectivity index (χ2v) is 12.7. The van der Waals surface area contributed by atoms with Crippen molar-refractivity contribution in [2.75, 3.05) is 6.54 Å². The zero-order chi connectivity index (χ0) is 23.5. The minimum atomic E-state index is -3.88. The van der Waals surface area contributed by atoms with Crippen LogP contribution >= 0.6 is 0 Å². The summed E-state index contributed by atoms with van der Waals surface area (Å²) in [4.78, 5) is 26.2. The van der Waals surface area contributed by atoms with Gasteiger partial charge in [-0.1, -0.05) is 25.1 Å². The molecule has 0 aromatic heterocycles. The number of rotatable bonds is 7. The highest BCUT2D eigenvalue weighted by molar-refractivity contribution is 7.89. The SMILES string of the molecule is CCN(C(C)(C)C(=O)NC12CC3CC(C1)CC(C(N)=O)(C3)C2)S(=O)(=O)c1ccccc1C. The summed E-state index contributed by atoms with van der Waals surface area (Å²) in [5.41, 5.74) is 4.16. The highest BCUT2D eigenvalue weighted by Gasteiger charge is 2.61. The zero-order valence-electron chi connectivity index (χ0n) is 19.5. The number of carbonyl (C=O) groups is 2. The Morgan fingerprint density at radius 3 is 2.28 bits per heavy atom. The van der Waals surface area contributed by atoms with Crippen LogP contribution in [0.2, 0.25) is 0 Å². The molecule has 0 saturated heterocycles. The van der Waals surface area contributed by atoms with Crippen molar-refractivity contribution in [2.24, 2.45) is 23.0 Å². The average Bonchev–Trinajstić information content (AvgIpc) is 2.66. The van der Waals surface area contributed by atoms with Gasteiger partial charge in [0.25, 0.3) is 0 Å². The van der Waals surface area contributed by atoms with E-state index in [1.807, 2.05) is 0 Å². The molecule has 2 unspecified atom stereocenters. The molecule has 0 spiro atoms. The Balaban J connectivity index is 1.62. The summed E-state index contributed by atoms with van der Waals surface area (Å²) in [6.07, 6.45) is 4.92. The highest BCUT2D eigenvalue weighted by Crippen LogP contribution is 2.61. The van der Waals surface area contributed by atoms with Gasteiger partial charge in [-0.15, -0.1) is 0 Å². The number of sulfonamides is 1. The van der Waals surface area contributed by atoms with Crippen LogP contribution in [-0.4, -0.2) is 42.2 Å². The van der Waals surface area contributed by atoms with E-state index in [0.29, 0.717) is 23.8 Å². The monoisotopic (exact) mass is 461 g/mol. The van der Waals surface area contributed by atoms with E-state index in [0.717, 1.165) is 32.1 Å². The number of amides is 2. The first-order valence-corrected chi connectivity index (χ1v) is 13.0. The predicted octanol–water partition coefficient (Wildman–Crippen LogP) is 2.72. The zero-order valence-corrected chi connectivity index (χ0v) is 20.3. The van der Waals surface area contributed by atoms with Crippen molar-refractivity contribution in [1.29, 1.82) is 0 Å². The molecule has 4 aliphatic carbocycles. The number of nitrogens with one attached hydrogen (secondary N) is 1. The van der Waals surface area contributed by atoms with Gasteiger partial charge in [0.2, 0.25) is 21.8 Å². The van der Waals surface area contributed by atoms with Crippen LogP contribution in [0.4, 0.5) is 0 Å². The molecular formula is C24H35N3O4S. The molecule has 7 nitrogen and oxygen atoms in total. The number of aryl methyl sites for hydroxylation is 1. The first kappa shape index (κ1) is 23.2. The number of likely N-dealkylation sites (N-methyl/N-ethyl adjacent to an activating group) is 1.